The second-order valence-electron chi connectivity index (χ2n) is 7.68. The lowest BCUT2D eigenvalue weighted by molar-refractivity contribution is -0.132. The van der Waals surface area contributed by atoms with Crippen LogP contribution in [-0.4, -0.2) is 30.0 Å². The highest BCUT2D eigenvalue weighted by Gasteiger charge is 2.47. The van der Waals surface area contributed by atoms with Gasteiger partial charge in [-0.25, -0.2) is 4.39 Å². The number of rotatable bonds is 3. The number of halogens is 3. The summed E-state index contributed by atoms with van der Waals surface area (Å²) < 4.78 is 24.7. The Hall–Kier alpha value is -3.55. The van der Waals surface area contributed by atoms with Crippen LogP contribution >= 0.6 is 23.2 Å². The van der Waals surface area contributed by atoms with E-state index >= 15 is 0 Å². The summed E-state index contributed by atoms with van der Waals surface area (Å²) in [5.41, 5.74) is 0.834. The molecule has 1 atom stereocenters. The largest absolute Gasteiger partial charge is 0.507 e. The molecule has 1 N–H and O–H groups in total. The Morgan fingerprint density at radius 1 is 0.912 bits per heavy atom. The molecule has 0 radical (unpaired) electrons. The number of fused-ring (bicyclic) bond motifs is 1. The van der Waals surface area contributed by atoms with E-state index in [4.69, 9.17) is 32.7 Å². The lowest BCUT2D eigenvalue weighted by Crippen LogP contribution is -2.29. The number of hydrogen-bond acceptors (Lipinski definition) is 5. The van der Waals surface area contributed by atoms with Crippen molar-refractivity contribution in [3.63, 3.8) is 0 Å². The van der Waals surface area contributed by atoms with Crippen LogP contribution < -0.4 is 14.4 Å². The van der Waals surface area contributed by atoms with Crippen LogP contribution in [0.25, 0.3) is 5.76 Å². The van der Waals surface area contributed by atoms with Gasteiger partial charge in [0.25, 0.3) is 11.7 Å². The molecule has 5 rings (SSSR count). The van der Waals surface area contributed by atoms with E-state index in [-0.39, 0.29) is 21.2 Å². The smallest absolute Gasteiger partial charge is 0.300 e. The maximum absolute atomic E-state index is 13.7. The van der Waals surface area contributed by atoms with E-state index in [1.165, 1.54) is 47.4 Å². The molecule has 0 aromatic heterocycles. The minimum atomic E-state index is -1.04. The number of benzene rings is 3. The normalized spacial score (nSPS) is 18.9. The predicted octanol–water partition coefficient (Wildman–Crippen LogP) is 5.53. The number of amides is 1. The van der Waals surface area contributed by atoms with Crippen LogP contribution in [0, 0.1) is 5.82 Å². The van der Waals surface area contributed by atoms with Crippen molar-refractivity contribution >= 4 is 46.3 Å². The van der Waals surface area contributed by atoms with Gasteiger partial charge in [0, 0.05) is 11.3 Å². The fraction of sp³-hybridized carbons (Fsp3) is 0.120. The quantitative estimate of drug-likeness (QED) is 0.291. The number of anilines is 1. The summed E-state index contributed by atoms with van der Waals surface area (Å²) in [6.07, 6.45) is 0. The lowest BCUT2D eigenvalue weighted by Gasteiger charge is -2.26. The molecular formula is C25H16Cl2FNO5. The zero-order chi connectivity index (χ0) is 24.0. The summed E-state index contributed by atoms with van der Waals surface area (Å²) in [5.74, 6) is -1.73. The third-order valence-corrected chi connectivity index (χ3v) is 6.37. The lowest BCUT2D eigenvalue weighted by atomic mass is 9.95. The van der Waals surface area contributed by atoms with Crippen LogP contribution in [-0.2, 0) is 9.59 Å². The molecule has 6 nitrogen and oxygen atoms in total. The maximum Gasteiger partial charge on any atom is 0.300 e. The Bertz CT molecular complexity index is 1360. The molecule has 0 bridgehead atoms. The third-order valence-electron chi connectivity index (χ3n) is 5.63. The number of hydrogen-bond donors (Lipinski definition) is 1. The van der Waals surface area contributed by atoms with Crippen LogP contribution in [0.1, 0.15) is 17.2 Å². The topological polar surface area (TPSA) is 76.1 Å². The molecule has 2 heterocycles. The van der Waals surface area contributed by atoms with Crippen molar-refractivity contribution < 1.29 is 28.6 Å². The van der Waals surface area contributed by atoms with Crippen molar-refractivity contribution in [2.24, 2.45) is 0 Å². The van der Waals surface area contributed by atoms with Crippen molar-refractivity contribution in [1.82, 2.24) is 0 Å². The predicted molar refractivity (Wildman–Crippen MR) is 125 cm³/mol. The molecule has 0 saturated carbocycles. The number of nitrogens with zero attached hydrogens (tertiary/aromatic N) is 1. The highest BCUT2D eigenvalue weighted by molar-refractivity contribution is 6.52. The highest BCUT2D eigenvalue weighted by atomic mass is 35.5. The van der Waals surface area contributed by atoms with Crippen molar-refractivity contribution in [3.05, 3.63) is 93.2 Å². The number of Topliss-reactive ketones (excluding diaryl/α,β-unsaturated/α-hetero) is 1. The molecule has 3 aromatic carbocycles. The molecule has 1 saturated heterocycles. The first-order valence-electron chi connectivity index (χ1n) is 10.3. The Balaban J connectivity index is 1.70. The summed E-state index contributed by atoms with van der Waals surface area (Å²) in [7, 11) is 0. The van der Waals surface area contributed by atoms with Gasteiger partial charge >= 0.3 is 0 Å². The van der Waals surface area contributed by atoms with E-state index in [9.17, 15) is 19.1 Å². The molecule has 1 fully saturated rings. The first kappa shape index (κ1) is 22.3. The van der Waals surface area contributed by atoms with E-state index in [2.05, 4.69) is 0 Å². The van der Waals surface area contributed by atoms with Gasteiger partial charge in [-0.05, 0) is 54.1 Å². The van der Waals surface area contributed by atoms with Crippen LogP contribution in [0.3, 0.4) is 0 Å². The summed E-state index contributed by atoms with van der Waals surface area (Å²) in [5, 5.41) is 11.7. The van der Waals surface area contributed by atoms with Crippen molar-refractivity contribution in [1.29, 1.82) is 0 Å². The van der Waals surface area contributed by atoms with Gasteiger partial charge in [-0.1, -0.05) is 35.3 Å². The molecule has 2 aliphatic rings. The van der Waals surface area contributed by atoms with Crippen LogP contribution in [0.2, 0.25) is 10.0 Å². The number of ether oxygens (including phenoxy) is 2. The van der Waals surface area contributed by atoms with Crippen molar-refractivity contribution in [2.75, 3.05) is 18.1 Å². The van der Waals surface area contributed by atoms with Gasteiger partial charge in [-0.3, -0.25) is 14.5 Å². The van der Waals surface area contributed by atoms with E-state index < -0.39 is 29.3 Å². The Kier molecular flexibility index (Phi) is 5.67. The minimum absolute atomic E-state index is 0.153. The van der Waals surface area contributed by atoms with Crippen LogP contribution in [0.5, 0.6) is 11.5 Å². The van der Waals surface area contributed by atoms with Gasteiger partial charge < -0.3 is 14.6 Å². The monoisotopic (exact) mass is 499 g/mol. The van der Waals surface area contributed by atoms with Crippen LogP contribution in [0.15, 0.2) is 66.2 Å². The number of carbonyl (C=O) groups excluding carboxylic acids is 2. The molecule has 1 unspecified atom stereocenters. The molecule has 9 heteroatoms. The first-order valence-corrected chi connectivity index (χ1v) is 11.0. The van der Waals surface area contributed by atoms with E-state index in [0.29, 0.717) is 36.0 Å². The third kappa shape index (κ3) is 3.77. The standard InChI is InChI=1S/C25H16Cl2FNO5/c26-17-7-6-16(12-18(17)27)29-22(13-1-4-15(28)5-2-13)21(24(31)25(29)32)23(30)14-3-8-19-20(11-14)34-10-9-33-19/h1-8,11-12,22,30H,9-10H2/b23-21-. The molecular weight excluding hydrogens is 484 g/mol. The Labute approximate surface area is 203 Å². The van der Waals surface area contributed by atoms with Gasteiger partial charge in [0.05, 0.1) is 21.7 Å². The first-order chi connectivity index (χ1) is 16.3. The fourth-order valence-electron chi connectivity index (χ4n) is 4.04. The molecule has 3 aromatic rings. The highest BCUT2D eigenvalue weighted by Crippen LogP contribution is 2.44. The Morgan fingerprint density at radius 2 is 1.62 bits per heavy atom. The second kappa shape index (κ2) is 8.66. The zero-order valence-electron chi connectivity index (χ0n) is 17.4. The molecule has 172 valence electrons. The molecule has 34 heavy (non-hydrogen) atoms. The molecule has 2 aliphatic heterocycles. The van der Waals surface area contributed by atoms with Gasteiger partial charge in [-0.15, -0.1) is 0 Å². The van der Waals surface area contributed by atoms with Gasteiger partial charge in [0.1, 0.15) is 24.8 Å². The summed E-state index contributed by atoms with van der Waals surface area (Å²) in [6, 6.07) is 13.5. The number of ketones is 1. The van der Waals surface area contributed by atoms with Crippen molar-refractivity contribution in [3.8, 4) is 11.5 Å². The van der Waals surface area contributed by atoms with E-state index in [1.54, 1.807) is 18.2 Å². The fourth-order valence-corrected chi connectivity index (χ4v) is 4.33. The number of aliphatic hydroxyl groups excluding tert-OH is 1. The molecule has 0 spiro atoms. The average molecular weight is 500 g/mol. The summed E-state index contributed by atoms with van der Waals surface area (Å²) in [6.45, 7) is 0.742. The van der Waals surface area contributed by atoms with Gasteiger partial charge in [-0.2, -0.15) is 0 Å². The molecule has 0 aliphatic carbocycles. The van der Waals surface area contributed by atoms with Gasteiger partial charge in [0.2, 0.25) is 0 Å². The molecule has 1 amide bonds. The van der Waals surface area contributed by atoms with Crippen molar-refractivity contribution in [2.45, 2.75) is 6.04 Å². The average Bonchev–Trinajstić information content (AvgIpc) is 3.11. The second-order valence-corrected chi connectivity index (χ2v) is 8.49. The SMILES string of the molecule is O=C1C(=O)N(c2ccc(Cl)c(Cl)c2)C(c2ccc(F)cc2)/C1=C(/O)c1ccc2c(c1)OCCO2. The maximum atomic E-state index is 13.7. The zero-order valence-corrected chi connectivity index (χ0v) is 18.9. The number of aliphatic hydroxyl groups is 1. The number of carbonyl (C=O) groups is 2. The summed E-state index contributed by atoms with van der Waals surface area (Å²) in [4.78, 5) is 27.6. The van der Waals surface area contributed by atoms with E-state index in [0.717, 1.165) is 0 Å². The minimum Gasteiger partial charge on any atom is -0.507 e. The summed E-state index contributed by atoms with van der Waals surface area (Å²) >= 11 is 12.2. The van der Waals surface area contributed by atoms with E-state index in [1.807, 2.05) is 0 Å². The van der Waals surface area contributed by atoms with Crippen LogP contribution in [0.4, 0.5) is 10.1 Å². The van der Waals surface area contributed by atoms with Gasteiger partial charge in [0.15, 0.2) is 11.5 Å². The Morgan fingerprint density at radius 3 is 2.32 bits per heavy atom.